The summed E-state index contributed by atoms with van der Waals surface area (Å²) in [7, 11) is 1.27. The van der Waals surface area contributed by atoms with Gasteiger partial charge in [-0.05, 0) is 30.9 Å². The van der Waals surface area contributed by atoms with Crippen LogP contribution >= 0.6 is 11.8 Å². The van der Waals surface area contributed by atoms with Crippen LogP contribution in [0.2, 0.25) is 0 Å². The van der Waals surface area contributed by atoms with Crippen LogP contribution in [0.15, 0.2) is 34.2 Å². The van der Waals surface area contributed by atoms with Gasteiger partial charge in [-0.3, -0.25) is 19.0 Å². The number of hydrogen-bond acceptors (Lipinski definition) is 6. The lowest BCUT2D eigenvalue weighted by atomic mass is 9.99. The highest BCUT2D eigenvalue weighted by molar-refractivity contribution is 7.99. The third kappa shape index (κ3) is 4.50. The van der Waals surface area contributed by atoms with Crippen LogP contribution in [0.25, 0.3) is 10.9 Å². The molecule has 1 aliphatic rings. The molecular formula is C19H23N3O4S. The van der Waals surface area contributed by atoms with Crippen molar-refractivity contribution in [2.24, 2.45) is 5.92 Å². The van der Waals surface area contributed by atoms with E-state index in [-0.39, 0.29) is 23.8 Å². The van der Waals surface area contributed by atoms with Crippen LogP contribution in [-0.2, 0) is 20.9 Å². The molecule has 0 saturated carbocycles. The molecule has 1 aromatic heterocycles. The minimum atomic E-state index is -0.535. The molecule has 1 amide bonds. The Hall–Kier alpha value is -2.35. The number of para-hydroxylation sites is 1. The van der Waals surface area contributed by atoms with Gasteiger partial charge >= 0.3 is 5.97 Å². The maximum absolute atomic E-state index is 12.8. The SMILES string of the molecule is COC(=O)Cn1c(SCC(=O)N2CCC(C)CC2)nc2ccccc2c1=O. The van der Waals surface area contributed by atoms with Gasteiger partial charge in [0.2, 0.25) is 5.91 Å². The highest BCUT2D eigenvalue weighted by atomic mass is 32.2. The Bertz CT molecular complexity index is 903. The number of rotatable bonds is 5. The first-order chi connectivity index (χ1) is 13.0. The second-order valence-electron chi connectivity index (χ2n) is 6.73. The number of thioether (sulfide) groups is 1. The minimum absolute atomic E-state index is 0.0268. The van der Waals surface area contributed by atoms with Crippen molar-refractivity contribution >= 4 is 34.5 Å². The summed E-state index contributed by atoms with van der Waals surface area (Å²) in [4.78, 5) is 43.4. The summed E-state index contributed by atoms with van der Waals surface area (Å²) in [6.07, 6.45) is 2.02. The smallest absolute Gasteiger partial charge is 0.325 e. The number of methoxy groups -OCH3 is 1. The molecule has 1 fully saturated rings. The lowest BCUT2D eigenvalue weighted by Crippen LogP contribution is -2.39. The second kappa shape index (κ2) is 8.56. The molecule has 1 saturated heterocycles. The number of benzene rings is 1. The van der Waals surface area contributed by atoms with Crippen molar-refractivity contribution in [3.05, 3.63) is 34.6 Å². The average molecular weight is 389 g/mol. The zero-order valence-corrected chi connectivity index (χ0v) is 16.3. The Morgan fingerprint density at radius 3 is 2.67 bits per heavy atom. The Kier molecular flexibility index (Phi) is 6.15. The molecule has 1 aromatic carbocycles. The van der Waals surface area contributed by atoms with Crippen LogP contribution in [0.4, 0.5) is 0 Å². The van der Waals surface area contributed by atoms with E-state index in [9.17, 15) is 14.4 Å². The van der Waals surface area contributed by atoms with Gasteiger partial charge in [-0.15, -0.1) is 0 Å². The fraction of sp³-hybridized carbons (Fsp3) is 0.474. The normalized spacial score (nSPS) is 15.1. The van der Waals surface area contributed by atoms with Gasteiger partial charge in [0.1, 0.15) is 6.54 Å². The number of aromatic nitrogens is 2. The van der Waals surface area contributed by atoms with Gasteiger partial charge in [0.25, 0.3) is 5.56 Å². The quantitative estimate of drug-likeness (QED) is 0.441. The van der Waals surface area contributed by atoms with Gasteiger partial charge in [-0.2, -0.15) is 0 Å². The fourth-order valence-corrected chi connectivity index (χ4v) is 3.97. The van der Waals surface area contributed by atoms with E-state index in [1.807, 2.05) is 4.90 Å². The van der Waals surface area contributed by atoms with Crippen molar-refractivity contribution in [1.29, 1.82) is 0 Å². The lowest BCUT2D eigenvalue weighted by Gasteiger charge is -2.30. The van der Waals surface area contributed by atoms with Gasteiger partial charge < -0.3 is 9.64 Å². The van der Waals surface area contributed by atoms with Crippen LogP contribution in [-0.4, -0.2) is 52.3 Å². The van der Waals surface area contributed by atoms with Crippen LogP contribution in [0.1, 0.15) is 19.8 Å². The number of likely N-dealkylation sites (tertiary alicyclic amines) is 1. The van der Waals surface area contributed by atoms with Gasteiger partial charge in [0, 0.05) is 13.1 Å². The summed E-state index contributed by atoms with van der Waals surface area (Å²) < 4.78 is 5.98. The van der Waals surface area contributed by atoms with Crippen molar-refractivity contribution in [1.82, 2.24) is 14.5 Å². The van der Waals surface area contributed by atoms with Crippen molar-refractivity contribution < 1.29 is 14.3 Å². The highest BCUT2D eigenvalue weighted by Gasteiger charge is 2.22. The third-order valence-electron chi connectivity index (χ3n) is 4.80. The Labute approximate surface area is 161 Å². The first-order valence-electron chi connectivity index (χ1n) is 8.96. The molecule has 1 aliphatic heterocycles. The summed E-state index contributed by atoms with van der Waals surface area (Å²) >= 11 is 1.18. The first kappa shape index (κ1) is 19.4. The zero-order valence-electron chi connectivity index (χ0n) is 15.5. The molecule has 2 heterocycles. The van der Waals surface area contributed by atoms with Gasteiger partial charge in [0.05, 0.1) is 23.8 Å². The molecule has 0 spiro atoms. The first-order valence-corrected chi connectivity index (χ1v) is 9.95. The molecule has 0 N–H and O–H groups in total. The number of amides is 1. The standard InChI is InChI=1S/C19H23N3O4S/c1-13-7-9-21(10-8-13)16(23)12-27-19-20-15-6-4-3-5-14(15)18(25)22(19)11-17(24)26-2/h3-6,13H,7-12H2,1-2H3. The number of esters is 1. The topological polar surface area (TPSA) is 81.5 Å². The molecule has 0 unspecified atom stereocenters. The molecule has 144 valence electrons. The van der Waals surface area contributed by atoms with E-state index in [1.165, 1.54) is 23.4 Å². The number of carbonyl (C=O) groups is 2. The van der Waals surface area contributed by atoms with Crippen LogP contribution in [0, 0.1) is 5.92 Å². The molecule has 3 rings (SSSR count). The number of fused-ring (bicyclic) bond motifs is 1. The number of carbonyl (C=O) groups excluding carboxylic acids is 2. The second-order valence-corrected chi connectivity index (χ2v) is 7.67. The summed E-state index contributed by atoms with van der Waals surface area (Å²) in [5.74, 6) is 0.320. The van der Waals surface area contributed by atoms with Crippen LogP contribution in [0.5, 0.6) is 0 Å². The molecule has 27 heavy (non-hydrogen) atoms. The summed E-state index contributed by atoms with van der Waals surface area (Å²) in [5.41, 5.74) is 0.234. The number of nitrogens with zero attached hydrogens (tertiary/aromatic N) is 3. The number of piperidine rings is 1. The molecule has 2 aromatic rings. The predicted octanol–water partition coefficient (Wildman–Crippen LogP) is 1.92. The molecule has 8 heteroatoms. The zero-order chi connectivity index (χ0) is 19.4. The van der Waals surface area contributed by atoms with E-state index in [0.29, 0.717) is 22.0 Å². The van der Waals surface area contributed by atoms with Crippen LogP contribution < -0.4 is 5.56 Å². The molecule has 0 aliphatic carbocycles. The molecule has 0 atom stereocenters. The monoisotopic (exact) mass is 389 g/mol. The van der Waals surface area contributed by atoms with Crippen molar-refractivity contribution in [3.63, 3.8) is 0 Å². The minimum Gasteiger partial charge on any atom is -0.468 e. The summed E-state index contributed by atoms with van der Waals surface area (Å²) in [5, 5.41) is 0.782. The van der Waals surface area contributed by atoms with Gasteiger partial charge in [0.15, 0.2) is 5.16 Å². The van der Waals surface area contributed by atoms with E-state index in [1.54, 1.807) is 24.3 Å². The maximum Gasteiger partial charge on any atom is 0.325 e. The molecular weight excluding hydrogens is 366 g/mol. The van der Waals surface area contributed by atoms with Crippen molar-refractivity contribution in [2.45, 2.75) is 31.5 Å². The molecule has 7 nitrogen and oxygen atoms in total. The van der Waals surface area contributed by atoms with E-state index in [4.69, 9.17) is 4.74 Å². The summed E-state index contributed by atoms with van der Waals surface area (Å²) in [6, 6.07) is 6.97. The number of hydrogen-bond donors (Lipinski definition) is 0. The van der Waals surface area contributed by atoms with E-state index in [0.717, 1.165) is 25.9 Å². The van der Waals surface area contributed by atoms with E-state index >= 15 is 0 Å². The fourth-order valence-electron chi connectivity index (χ4n) is 3.07. The molecule has 0 radical (unpaired) electrons. The predicted molar refractivity (Wildman–Crippen MR) is 104 cm³/mol. The summed E-state index contributed by atoms with van der Waals surface area (Å²) in [6.45, 7) is 3.49. The third-order valence-corrected chi connectivity index (χ3v) is 5.76. The Balaban J connectivity index is 1.83. The maximum atomic E-state index is 12.8. The van der Waals surface area contributed by atoms with Gasteiger partial charge in [-0.1, -0.05) is 30.8 Å². The largest absolute Gasteiger partial charge is 0.468 e. The average Bonchev–Trinajstić information content (AvgIpc) is 2.69. The van der Waals surface area contributed by atoms with Crippen molar-refractivity contribution in [3.8, 4) is 0 Å². The molecule has 0 bridgehead atoms. The number of ether oxygens (including phenoxy) is 1. The van der Waals surface area contributed by atoms with Crippen LogP contribution in [0.3, 0.4) is 0 Å². The Morgan fingerprint density at radius 1 is 1.26 bits per heavy atom. The lowest BCUT2D eigenvalue weighted by molar-refractivity contribution is -0.141. The van der Waals surface area contributed by atoms with Crippen molar-refractivity contribution in [2.75, 3.05) is 26.0 Å². The van der Waals surface area contributed by atoms with Gasteiger partial charge in [-0.25, -0.2) is 4.98 Å². The van der Waals surface area contributed by atoms with E-state index < -0.39 is 5.97 Å². The highest BCUT2D eigenvalue weighted by Crippen LogP contribution is 2.21. The Morgan fingerprint density at radius 2 is 1.96 bits per heavy atom. The van der Waals surface area contributed by atoms with E-state index in [2.05, 4.69) is 11.9 Å².